The minimum Gasteiger partial charge on any atom is -0.486 e. The van der Waals surface area contributed by atoms with Gasteiger partial charge in [0.2, 0.25) is 5.91 Å². The fourth-order valence-corrected chi connectivity index (χ4v) is 13.2. The molecular formula is C67H78ClFN6O17. The first-order valence-corrected chi connectivity index (χ1v) is 30.5. The highest BCUT2D eigenvalue weighted by molar-refractivity contribution is 6.31. The molecule has 23 nitrogen and oxygen atoms in total. The van der Waals surface area contributed by atoms with Gasteiger partial charge < -0.3 is 74.4 Å². The van der Waals surface area contributed by atoms with Crippen molar-refractivity contribution < 1.29 is 86.7 Å². The summed E-state index contributed by atoms with van der Waals surface area (Å²) >= 11 is 5.91. The molecule has 25 heteroatoms. The minimum atomic E-state index is -2.35. The molecule has 10 rings (SSSR count). The van der Waals surface area contributed by atoms with Gasteiger partial charge >= 0.3 is 24.0 Å². The fraction of sp³-hybridized carbons (Fsp3) is 0.463. The van der Waals surface area contributed by atoms with Gasteiger partial charge in [-0.3, -0.25) is 14.4 Å². The number of aromatic nitrogens is 2. The molecule has 1 aromatic heterocycles. The predicted octanol–water partition coefficient (Wildman–Crippen LogP) is 7.65. The quantitative estimate of drug-likeness (QED) is 0.0216. The molecule has 5 aliphatic rings. The van der Waals surface area contributed by atoms with Crippen molar-refractivity contribution >= 4 is 75.4 Å². The number of aliphatic hydroxyl groups excluding tert-OH is 3. The number of hydrogen-bond donors (Lipinski definition) is 7. The number of nitrogens with zero attached hydrogens (tertiary/aromatic N) is 3. The molecule has 2 aliphatic heterocycles. The summed E-state index contributed by atoms with van der Waals surface area (Å²) in [7, 11) is 3.84. The molecular weight excluding hydrogens is 1220 g/mol. The van der Waals surface area contributed by atoms with Gasteiger partial charge in [-0.05, 0) is 102 Å². The van der Waals surface area contributed by atoms with E-state index in [2.05, 4.69) is 25.9 Å². The second-order valence-corrected chi connectivity index (χ2v) is 26.1. The second kappa shape index (κ2) is 27.3. The van der Waals surface area contributed by atoms with Crippen LogP contribution >= 0.6 is 11.6 Å². The smallest absolute Gasteiger partial charge is 0.408 e. The predicted molar refractivity (Wildman–Crippen MR) is 334 cm³/mol. The number of rotatable bonds is 16. The molecule has 0 unspecified atom stereocenters. The molecule has 492 valence electrons. The van der Waals surface area contributed by atoms with Gasteiger partial charge in [0.25, 0.3) is 0 Å². The zero-order valence-electron chi connectivity index (χ0n) is 52.7. The topological polar surface area (TPSA) is 313 Å². The van der Waals surface area contributed by atoms with E-state index in [9.17, 15) is 53.6 Å². The highest BCUT2D eigenvalue weighted by Gasteiger charge is 2.78. The number of hydrogen-bond acceptors (Lipinski definition) is 21. The van der Waals surface area contributed by atoms with Gasteiger partial charge in [-0.15, -0.1) is 0 Å². The van der Waals surface area contributed by atoms with Crippen molar-refractivity contribution in [3.63, 3.8) is 0 Å². The van der Waals surface area contributed by atoms with Gasteiger partial charge in [0.05, 0.1) is 65.1 Å². The van der Waals surface area contributed by atoms with Crippen molar-refractivity contribution in [3.8, 4) is 5.75 Å². The van der Waals surface area contributed by atoms with Crippen LogP contribution in [0, 0.1) is 22.6 Å². The number of fused-ring (bicyclic) bond motifs is 6. The number of nitrogens with one attached hydrogen (secondary N) is 3. The first-order chi connectivity index (χ1) is 43.4. The van der Waals surface area contributed by atoms with E-state index >= 15 is 0 Å². The first-order valence-electron chi connectivity index (χ1n) is 30.1. The number of aliphatic hydroxyl groups is 4. The molecule has 12 atom stereocenters. The molecule has 0 spiro atoms. The number of anilines is 3. The Hall–Kier alpha value is -7.94. The number of carbonyl (C=O) groups excluding carboxylic acids is 6. The summed E-state index contributed by atoms with van der Waals surface area (Å²) in [6, 6.07) is 22.5. The lowest BCUT2D eigenvalue weighted by Gasteiger charge is -2.67. The summed E-state index contributed by atoms with van der Waals surface area (Å²) in [5, 5.41) is 58.2. The maximum absolute atomic E-state index is 14.9. The normalized spacial score (nSPS) is 27.1. The van der Waals surface area contributed by atoms with E-state index in [1.807, 2.05) is 19.0 Å². The van der Waals surface area contributed by atoms with Gasteiger partial charge in [-0.2, -0.15) is 0 Å². The van der Waals surface area contributed by atoms with Crippen LogP contribution in [0.2, 0.25) is 5.02 Å². The Balaban J connectivity index is 0.000000249. The molecule has 5 aromatic rings. The number of Topliss-reactive ketones (excluding diaryl/α,β-unsaturated/α-hetero) is 1. The van der Waals surface area contributed by atoms with Crippen LogP contribution in [-0.2, 0) is 47.6 Å². The monoisotopic (exact) mass is 1290 g/mol. The molecule has 2 saturated heterocycles. The molecule has 4 fully saturated rings. The van der Waals surface area contributed by atoms with Crippen LogP contribution in [0.3, 0.4) is 0 Å². The Morgan fingerprint density at radius 2 is 1.65 bits per heavy atom. The van der Waals surface area contributed by atoms with Crippen molar-refractivity contribution in [1.82, 2.24) is 20.2 Å². The van der Waals surface area contributed by atoms with E-state index < -0.39 is 118 Å². The molecule has 2 bridgehead atoms. The summed E-state index contributed by atoms with van der Waals surface area (Å²) in [6.45, 7) is 13.5. The van der Waals surface area contributed by atoms with Crippen LogP contribution in [0.25, 0.3) is 10.9 Å². The molecule has 0 radical (unpaired) electrons. The third kappa shape index (κ3) is 14.0. The number of alkyl carbamates (subject to hydrolysis) is 1. The first kappa shape index (κ1) is 68.4. The van der Waals surface area contributed by atoms with Gasteiger partial charge in [0.1, 0.15) is 65.4 Å². The van der Waals surface area contributed by atoms with E-state index in [1.165, 1.54) is 50.5 Å². The van der Waals surface area contributed by atoms with Crippen molar-refractivity contribution in [2.75, 3.05) is 51.1 Å². The van der Waals surface area contributed by atoms with E-state index in [1.54, 1.807) is 107 Å². The summed E-state index contributed by atoms with van der Waals surface area (Å²) in [4.78, 5) is 92.1. The van der Waals surface area contributed by atoms with Gasteiger partial charge in [0.15, 0.2) is 17.5 Å². The number of ether oxygens (including phenoxy) is 7. The third-order valence-corrected chi connectivity index (χ3v) is 18.0. The number of likely N-dealkylation sites (N-methyl/N-ethyl adjacent to an activating group) is 1. The number of esters is 3. The molecule has 92 heavy (non-hydrogen) atoms. The number of ketones is 1. The second-order valence-electron chi connectivity index (χ2n) is 25.7. The van der Waals surface area contributed by atoms with Crippen molar-refractivity contribution in [3.05, 3.63) is 143 Å². The van der Waals surface area contributed by atoms with E-state index in [0.29, 0.717) is 59.2 Å². The van der Waals surface area contributed by atoms with Crippen LogP contribution in [0.1, 0.15) is 96.6 Å². The van der Waals surface area contributed by atoms with Crippen LogP contribution in [0.15, 0.2) is 121 Å². The Bertz CT molecular complexity index is 3660. The molecule has 2 amide bonds. The highest BCUT2D eigenvalue weighted by Crippen LogP contribution is 2.64. The van der Waals surface area contributed by atoms with Gasteiger partial charge in [0, 0.05) is 61.4 Å². The molecule has 4 aromatic carbocycles. The number of carbonyl (C=O) groups is 6. The van der Waals surface area contributed by atoms with Crippen molar-refractivity contribution in [2.24, 2.45) is 16.7 Å². The van der Waals surface area contributed by atoms with E-state index in [4.69, 9.17) is 44.8 Å². The maximum atomic E-state index is 14.9. The van der Waals surface area contributed by atoms with E-state index in [-0.39, 0.29) is 46.8 Å². The zero-order valence-corrected chi connectivity index (χ0v) is 53.5. The lowest BCUT2D eigenvalue weighted by molar-refractivity contribution is -0.346. The molecule has 3 aliphatic carbocycles. The van der Waals surface area contributed by atoms with Crippen LogP contribution < -0.4 is 20.7 Å². The Morgan fingerprint density at radius 1 is 0.957 bits per heavy atom. The zero-order chi connectivity index (χ0) is 66.8. The third-order valence-electron chi connectivity index (χ3n) is 17.7. The Morgan fingerprint density at radius 3 is 2.27 bits per heavy atom. The van der Waals surface area contributed by atoms with Crippen molar-refractivity contribution in [1.29, 1.82) is 0 Å². The van der Waals surface area contributed by atoms with Gasteiger partial charge in [-0.25, -0.2) is 28.7 Å². The van der Waals surface area contributed by atoms with Crippen molar-refractivity contribution in [2.45, 2.75) is 140 Å². The summed E-state index contributed by atoms with van der Waals surface area (Å²) in [5.41, 5.74) is -6.48. The lowest BCUT2D eigenvalue weighted by Crippen LogP contribution is -2.81. The summed E-state index contributed by atoms with van der Waals surface area (Å²) in [6.07, 6.45) is -6.16. The number of halogens is 2. The van der Waals surface area contributed by atoms with E-state index in [0.717, 1.165) is 13.3 Å². The van der Waals surface area contributed by atoms with Gasteiger partial charge in [-0.1, -0.05) is 80.1 Å². The van der Waals surface area contributed by atoms with Crippen LogP contribution in [-0.4, -0.2) is 171 Å². The standard InChI is InChI=1S/C43H53NO14.C24H25ClFN5O3/c1-22-26(55-37(51)32(48)30(24-15-11-9-12-16-24)44-38(52)58-39(3,4)5)20-43(53)35(56-36(50)25-17-13-10-14-18-25)33-41(8,34(49)31(47)29(22)40(43,6)7)27(46)19-28-42(33,21-54-28)57-23(2)45;1-31(2)8-3-4-23(32)30-21-11-17-20(12-22(21)34-16-7-9-33-13-16)27-14-28-24(17)29-15-5-6-19(26)18(25)10-15/h9-18,26-28,30-33,35,46-48,53H,19-21H2,1-8H3,(H,44,52);3-6,10-12,14,16H,7-9,13H2,1-2H3,(H,30,32)(H,27,28,29)/b;4-3+/t26-,27-,28+,30-,31+,32+,33-,35-,41+,42-,43+;16-/m00/s1. The average Bonchev–Trinajstić information content (AvgIpc) is 0.693. The summed E-state index contributed by atoms with van der Waals surface area (Å²) in [5.74, 6) is -5.19. The van der Waals surface area contributed by atoms with Crippen LogP contribution in [0.5, 0.6) is 5.75 Å². The number of benzene rings is 4. The molecule has 7 N–H and O–H groups in total. The Kier molecular flexibility index (Phi) is 20.3. The largest absolute Gasteiger partial charge is 0.486 e. The lowest BCUT2D eigenvalue weighted by atomic mass is 9.44. The minimum absolute atomic E-state index is 0.00436. The highest BCUT2D eigenvalue weighted by atomic mass is 35.5. The molecule has 2 saturated carbocycles. The average molecular weight is 1290 g/mol. The SMILES string of the molecule is CC(=O)O[C@@]12CO[C@@H]1C[C@H](O)[C@@]1(C)C(=O)[C@H](O)C3=C(C)[C@@H](OC(=O)[C@H](O)[C@@H](NC(=O)OC(C)(C)C)c4ccccc4)C[C@@](O)([C@@H](OC(=O)c4ccccc4)[C@H]21)C3(C)C.CN(C)C/C=C/C(=O)Nc1cc2c(Nc3ccc(F)c(Cl)c3)ncnc2cc1O[C@H]1CCOC1. The Labute approximate surface area is 536 Å². The maximum Gasteiger partial charge on any atom is 0.408 e. The fourth-order valence-electron chi connectivity index (χ4n) is 13.0. The number of amides is 2. The summed E-state index contributed by atoms with van der Waals surface area (Å²) < 4.78 is 54.6. The molecule has 3 heterocycles. The van der Waals surface area contributed by atoms with Crippen LogP contribution in [0.4, 0.5) is 26.4 Å².